The van der Waals surface area contributed by atoms with Gasteiger partial charge in [-0.15, -0.1) is 0 Å². The zero-order valence-corrected chi connectivity index (χ0v) is 18.9. The third-order valence-electron chi connectivity index (χ3n) is 6.25. The predicted molar refractivity (Wildman–Crippen MR) is 127 cm³/mol. The van der Waals surface area contributed by atoms with Crippen LogP contribution in [0.25, 0.3) is 33.5 Å². The van der Waals surface area contributed by atoms with E-state index in [0.29, 0.717) is 16.6 Å². The van der Waals surface area contributed by atoms with Gasteiger partial charge in [0.2, 0.25) is 11.8 Å². The highest BCUT2D eigenvalue weighted by Crippen LogP contribution is 2.47. The number of pyridine rings is 2. The van der Waals surface area contributed by atoms with Gasteiger partial charge >= 0.3 is 0 Å². The fraction of sp³-hybridized carbons (Fsp3) is 0.160. The number of aryl methyl sites for hydroxylation is 1. The number of oxazole rings is 1. The minimum atomic E-state index is -0.841. The third kappa shape index (κ3) is 3.84. The number of carbonyl (C=O) groups excluding carboxylic acids is 1. The van der Waals surface area contributed by atoms with E-state index >= 15 is 0 Å². The van der Waals surface area contributed by atoms with Crippen molar-refractivity contribution in [3.8, 4) is 22.7 Å². The molecule has 5 aromatic rings. The van der Waals surface area contributed by atoms with Gasteiger partial charge < -0.3 is 15.5 Å². The van der Waals surface area contributed by atoms with Crippen molar-refractivity contribution in [2.75, 3.05) is 11.1 Å². The number of benzene rings is 1. The van der Waals surface area contributed by atoms with E-state index in [2.05, 4.69) is 25.4 Å². The molecular formula is C25H19F2N7O2. The van der Waals surface area contributed by atoms with Crippen LogP contribution in [0.2, 0.25) is 0 Å². The number of halogens is 2. The number of aromatic nitrogens is 5. The van der Waals surface area contributed by atoms with Crippen molar-refractivity contribution in [2.45, 2.75) is 12.3 Å². The molecule has 0 radical (unpaired) electrons. The zero-order chi connectivity index (χ0) is 25.0. The molecule has 0 spiro atoms. The standard InChI is InChI=1S/C25H19F2N7O2/c1-34-11-14(9-31-34)15-8-16(15)24(35)33-21-7-12-6-20(32-23(28)17(12)10-30-21)22-18(26)4-13(5-19(22)27)25-29-2-3-36-25/h2-7,9-11,15-16H,8H2,1H3,(H2,28,32)(H,30,33,35)/t15-,16+/m1/s1. The minimum absolute atomic E-state index is 0.0104. The summed E-state index contributed by atoms with van der Waals surface area (Å²) in [6.07, 6.45) is 8.57. The minimum Gasteiger partial charge on any atom is -0.445 e. The van der Waals surface area contributed by atoms with E-state index in [9.17, 15) is 13.6 Å². The van der Waals surface area contributed by atoms with E-state index in [1.807, 2.05) is 13.2 Å². The molecule has 0 aliphatic heterocycles. The Morgan fingerprint density at radius 2 is 1.97 bits per heavy atom. The van der Waals surface area contributed by atoms with E-state index in [1.165, 1.54) is 24.7 Å². The number of fused-ring (bicyclic) bond motifs is 1. The van der Waals surface area contributed by atoms with Crippen molar-refractivity contribution in [1.82, 2.24) is 24.7 Å². The summed E-state index contributed by atoms with van der Waals surface area (Å²) in [6, 6.07) is 5.36. The molecule has 0 bridgehead atoms. The second-order valence-electron chi connectivity index (χ2n) is 8.72. The predicted octanol–water partition coefficient (Wildman–Crippen LogP) is 4.29. The molecule has 1 aliphatic rings. The maximum atomic E-state index is 15.0. The Morgan fingerprint density at radius 1 is 1.17 bits per heavy atom. The van der Waals surface area contributed by atoms with Crippen LogP contribution in [0.3, 0.4) is 0 Å². The van der Waals surface area contributed by atoms with Crippen molar-refractivity contribution in [3.05, 3.63) is 72.5 Å². The first kappa shape index (κ1) is 21.8. The Balaban J connectivity index is 1.29. The molecule has 4 aromatic heterocycles. The van der Waals surface area contributed by atoms with Gasteiger partial charge in [0, 0.05) is 36.3 Å². The number of nitrogen functional groups attached to an aromatic ring is 1. The van der Waals surface area contributed by atoms with E-state index < -0.39 is 11.6 Å². The summed E-state index contributed by atoms with van der Waals surface area (Å²) >= 11 is 0. The highest BCUT2D eigenvalue weighted by Gasteiger charge is 2.44. The van der Waals surface area contributed by atoms with Crippen molar-refractivity contribution in [2.24, 2.45) is 13.0 Å². The third-order valence-corrected chi connectivity index (χ3v) is 6.25. The normalized spacial score (nSPS) is 16.9. The second-order valence-corrected chi connectivity index (χ2v) is 8.72. The highest BCUT2D eigenvalue weighted by atomic mass is 19.1. The molecule has 36 heavy (non-hydrogen) atoms. The van der Waals surface area contributed by atoms with Gasteiger partial charge in [0.15, 0.2) is 0 Å². The molecule has 9 nitrogen and oxygen atoms in total. The number of nitrogens with zero attached hydrogens (tertiary/aromatic N) is 5. The lowest BCUT2D eigenvalue weighted by molar-refractivity contribution is -0.117. The zero-order valence-electron chi connectivity index (χ0n) is 18.9. The van der Waals surface area contributed by atoms with Crippen molar-refractivity contribution in [1.29, 1.82) is 0 Å². The van der Waals surface area contributed by atoms with Crippen molar-refractivity contribution >= 4 is 28.3 Å². The van der Waals surface area contributed by atoms with Gasteiger partial charge in [0.05, 0.1) is 23.7 Å². The number of amides is 1. The molecule has 0 unspecified atom stereocenters. The molecule has 1 aromatic carbocycles. The van der Waals surface area contributed by atoms with E-state index in [-0.39, 0.29) is 46.3 Å². The Kier molecular flexibility index (Phi) is 4.99. The SMILES string of the molecule is Cn1cc([C@H]2C[C@@H]2C(=O)Nc2cc3cc(-c4c(F)cc(-c5ncco5)cc4F)nc(N)c3cn2)cn1. The lowest BCUT2D eigenvalue weighted by atomic mass is 10.0. The van der Waals surface area contributed by atoms with Crippen LogP contribution in [-0.4, -0.2) is 30.6 Å². The quantitative estimate of drug-likeness (QED) is 0.379. The van der Waals surface area contributed by atoms with Gasteiger partial charge in [0.1, 0.15) is 29.5 Å². The van der Waals surface area contributed by atoms with E-state index in [0.717, 1.165) is 24.1 Å². The molecule has 180 valence electrons. The van der Waals surface area contributed by atoms with Crippen LogP contribution < -0.4 is 11.1 Å². The molecular weight excluding hydrogens is 468 g/mol. The topological polar surface area (TPSA) is 125 Å². The van der Waals surface area contributed by atoms with Crippen LogP contribution in [0.4, 0.5) is 20.4 Å². The lowest BCUT2D eigenvalue weighted by Crippen LogP contribution is -2.15. The fourth-order valence-corrected chi connectivity index (χ4v) is 4.38. The van der Waals surface area contributed by atoms with Gasteiger partial charge in [-0.3, -0.25) is 9.48 Å². The Hall–Kier alpha value is -4.67. The Bertz CT molecular complexity index is 1610. The summed E-state index contributed by atoms with van der Waals surface area (Å²) in [5.41, 5.74) is 6.93. The highest BCUT2D eigenvalue weighted by molar-refractivity contribution is 5.98. The molecule has 4 heterocycles. The van der Waals surface area contributed by atoms with Crippen LogP contribution in [0.1, 0.15) is 17.9 Å². The second kappa shape index (κ2) is 8.22. The van der Waals surface area contributed by atoms with E-state index in [4.69, 9.17) is 10.2 Å². The first-order valence-corrected chi connectivity index (χ1v) is 11.1. The number of hydrogen-bond acceptors (Lipinski definition) is 7. The number of anilines is 2. The first-order valence-electron chi connectivity index (χ1n) is 11.1. The molecule has 1 aliphatic carbocycles. The molecule has 1 saturated carbocycles. The number of nitrogens with two attached hydrogens (primary N) is 1. The maximum absolute atomic E-state index is 15.0. The molecule has 11 heteroatoms. The summed E-state index contributed by atoms with van der Waals surface area (Å²) in [6.45, 7) is 0. The van der Waals surface area contributed by atoms with Crippen LogP contribution in [-0.2, 0) is 11.8 Å². The Labute approximate surface area is 203 Å². The summed E-state index contributed by atoms with van der Waals surface area (Å²) < 4.78 is 36.8. The monoisotopic (exact) mass is 487 g/mol. The van der Waals surface area contributed by atoms with E-state index in [1.54, 1.807) is 16.9 Å². The van der Waals surface area contributed by atoms with Crippen LogP contribution in [0.5, 0.6) is 0 Å². The fourth-order valence-electron chi connectivity index (χ4n) is 4.38. The Morgan fingerprint density at radius 3 is 2.67 bits per heavy atom. The maximum Gasteiger partial charge on any atom is 0.229 e. The average Bonchev–Trinajstić information content (AvgIpc) is 3.21. The van der Waals surface area contributed by atoms with Crippen LogP contribution in [0, 0.1) is 17.6 Å². The molecule has 6 rings (SSSR count). The van der Waals surface area contributed by atoms with Gasteiger partial charge in [-0.05, 0) is 47.6 Å². The van der Waals surface area contributed by atoms with Gasteiger partial charge in [-0.1, -0.05) is 0 Å². The van der Waals surface area contributed by atoms with Gasteiger partial charge in [-0.2, -0.15) is 5.10 Å². The number of rotatable bonds is 5. The molecule has 3 N–H and O–H groups in total. The van der Waals surface area contributed by atoms with Crippen LogP contribution >= 0.6 is 0 Å². The number of hydrogen-bond donors (Lipinski definition) is 2. The summed E-state index contributed by atoms with van der Waals surface area (Å²) in [5.74, 6) is -1.43. The lowest BCUT2D eigenvalue weighted by Gasteiger charge is -2.11. The van der Waals surface area contributed by atoms with Gasteiger partial charge in [-0.25, -0.2) is 23.7 Å². The molecule has 2 atom stereocenters. The first-order chi connectivity index (χ1) is 17.4. The number of carbonyl (C=O) groups is 1. The molecule has 0 saturated heterocycles. The summed E-state index contributed by atoms with van der Waals surface area (Å²) in [7, 11) is 1.83. The molecule has 1 fully saturated rings. The molecule has 1 amide bonds. The van der Waals surface area contributed by atoms with Crippen LogP contribution in [0.15, 0.2) is 59.7 Å². The summed E-state index contributed by atoms with van der Waals surface area (Å²) in [4.78, 5) is 25.1. The smallest absolute Gasteiger partial charge is 0.229 e. The average molecular weight is 487 g/mol. The van der Waals surface area contributed by atoms with Crippen molar-refractivity contribution in [3.63, 3.8) is 0 Å². The van der Waals surface area contributed by atoms with Crippen molar-refractivity contribution < 1.29 is 18.0 Å². The number of nitrogens with one attached hydrogen (secondary N) is 1. The largest absolute Gasteiger partial charge is 0.445 e. The van der Waals surface area contributed by atoms with Gasteiger partial charge in [0.25, 0.3) is 0 Å². The summed E-state index contributed by atoms with van der Waals surface area (Å²) in [5, 5.41) is 8.00.